The van der Waals surface area contributed by atoms with Crippen LogP contribution in [0.3, 0.4) is 0 Å². The molecule has 0 radical (unpaired) electrons. The third-order valence-electron chi connectivity index (χ3n) is 5.72. The van der Waals surface area contributed by atoms with Crippen LogP contribution < -0.4 is 9.47 Å². The minimum atomic E-state index is 0.675. The molecule has 0 aliphatic rings. The first kappa shape index (κ1) is 19.2. The summed E-state index contributed by atoms with van der Waals surface area (Å²) in [4.78, 5) is 5.13. The smallest absolute Gasteiger partial charge is 0.243 e. The van der Waals surface area contributed by atoms with Crippen LogP contribution in [0.4, 0.5) is 0 Å². The molecule has 0 saturated heterocycles. The monoisotopic (exact) mass is 408 g/mol. The van der Waals surface area contributed by atoms with Crippen LogP contribution in [0.1, 0.15) is 11.3 Å². The summed E-state index contributed by atoms with van der Waals surface area (Å²) in [6, 6.07) is 29.1. The Balaban J connectivity index is 1.81. The van der Waals surface area contributed by atoms with Crippen LogP contribution >= 0.6 is 0 Å². The summed E-state index contributed by atoms with van der Waals surface area (Å²) < 4.78 is 13.8. The van der Waals surface area contributed by atoms with Crippen molar-refractivity contribution >= 4 is 16.4 Å². The van der Waals surface area contributed by atoms with Gasteiger partial charge in [-0.3, -0.25) is 4.40 Å². The van der Waals surface area contributed by atoms with Gasteiger partial charge in [0, 0.05) is 16.3 Å². The number of aromatic nitrogens is 2. The number of aryl methyl sites for hydroxylation is 2. The summed E-state index contributed by atoms with van der Waals surface area (Å²) in [7, 11) is 3.38. The van der Waals surface area contributed by atoms with Crippen molar-refractivity contribution in [3.05, 3.63) is 96.2 Å². The second-order valence-electron chi connectivity index (χ2n) is 7.51. The summed E-state index contributed by atoms with van der Waals surface area (Å²) in [5.41, 5.74) is 5.37. The fourth-order valence-corrected chi connectivity index (χ4v) is 4.29. The second kappa shape index (κ2) is 8.15. The maximum absolute atomic E-state index is 5.90. The van der Waals surface area contributed by atoms with Crippen LogP contribution in [-0.2, 0) is 12.8 Å². The third kappa shape index (κ3) is 3.30. The van der Waals surface area contributed by atoms with Gasteiger partial charge in [-0.1, -0.05) is 84.9 Å². The Morgan fingerprint density at radius 1 is 0.710 bits per heavy atom. The van der Waals surface area contributed by atoms with Gasteiger partial charge in [0.05, 0.1) is 25.6 Å². The Bertz CT molecular complexity index is 1340. The molecule has 3 aromatic carbocycles. The van der Waals surface area contributed by atoms with E-state index in [2.05, 4.69) is 65.1 Å². The number of ether oxygens (including phenoxy) is 2. The van der Waals surface area contributed by atoms with Crippen molar-refractivity contribution in [1.82, 2.24) is 9.38 Å². The maximum Gasteiger partial charge on any atom is 0.243 e. The number of rotatable bonds is 6. The lowest BCUT2D eigenvalue weighted by atomic mass is 10.0. The molecule has 154 valence electrons. The van der Waals surface area contributed by atoms with Crippen molar-refractivity contribution < 1.29 is 9.47 Å². The van der Waals surface area contributed by atoms with Crippen LogP contribution in [0.2, 0.25) is 0 Å². The number of imidazole rings is 1. The lowest BCUT2D eigenvalue weighted by Crippen LogP contribution is -2.04. The van der Waals surface area contributed by atoms with E-state index in [4.69, 9.17) is 14.5 Å². The van der Waals surface area contributed by atoms with E-state index < -0.39 is 0 Å². The van der Waals surface area contributed by atoms with Gasteiger partial charge in [-0.2, -0.15) is 0 Å². The Labute approximate surface area is 181 Å². The Hall–Kier alpha value is -3.79. The molecule has 0 saturated carbocycles. The molecule has 2 heterocycles. The van der Waals surface area contributed by atoms with E-state index in [1.165, 1.54) is 5.56 Å². The van der Waals surface area contributed by atoms with Crippen LogP contribution in [0.5, 0.6) is 11.6 Å². The number of methoxy groups -OCH3 is 2. The van der Waals surface area contributed by atoms with Crippen molar-refractivity contribution in [3.63, 3.8) is 0 Å². The summed E-state index contributed by atoms with van der Waals surface area (Å²) in [6.07, 6.45) is 1.74. The van der Waals surface area contributed by atoms with Gasteiger partial charge in [-0.25, -0.2) is 4.98 Å². The Kier molecular flexibility index (Phi) is 5.04. The van der Waals surface area contributed by atoms with Gasteiger partial charge in [0.1, 0.15) is 5.65 Å². The molecule has 0 amide bonds. The average molecular weight is 409 g/mol. The van der Waals surface area contributed by atoms with Crippen molar-refractivity contribution in [2.45, 2.75) is 12.8 Å². The topological polar surface area (TPSA) is 35.8 Å². The number of nitrogens with zero attached hydrogens (tertiary/aromatic N) is 2. The Morgan fingerprint density at radius 3 is 2.03 bits per heavy atom. The number of pyridine rings is 1. The fourth-order valence-electron chi connectivity index (χ4n) is 4.29. The number of hydrogen-bond donors (Lipinski definition) is 0. The highest BCUT2D eigenvalue weighted by molar-refractivity contribution is 6.00. The predicted octanol–water partition coefficient (Wildman–Crippen LogP) is 5.96. The van der Waals surface area contributed by atoms with E-state index in [0.29, 0.717) is 5.88 Å². The van der Waals surface area contributed by atoms with Gasteiger partial charge in [0.25, 0.3) is 0 Å². The quantitative estimate of drug-likeness (QED) is 0.348. The molecule has 0 N–H and O–H groups in total. The third-order valence-corrected chi connectivity index (χ3v) is 5.72. The first-order valence-electron chi connectivity index (χ1n) is 10.4. The lowest BCUT2D eigenvalue weighted by Gasteiger charge is -2.15. The molecule has 0 aliphatic heterocycles. The van der Waals surface area contributed by atoms with Crippen LogP contribution in [-0.4, -0.2) is 23.6 Å². The number of fused-ring (bicyclic) bond motifs is 3. The zero-order valence-corrected chi connectivity index (χ0v) is 17.7. The standard InChI is InChI=1S/C27H24N2O2/c1-30-25-21-15-9-10-16-22(21)26-28-24(20-13-7-4-8-14-20)23(29(26)27(25)31-2)18-17-19-11-5-3-6-12-19/h3-16H,17-18H2,1-2H3. The molecule has 31 heavy (non-hydrogen) atoms. The highest BCUT2D eigenvalue weighted by Gasteiger charge is 2.23. The van der Waals surface area contributed by atoms with Gasteiger partial charge < -0.3 is 9.47 Å². The van der Waals surface area contributed by atoms with E-state index in [1.807, 2.05) is 24.3 Å². The van der Waals surface area contributed by atoms with E-state index in [9.17, 15) is 0 Å². The molecule has 4 heteroatoms. The summed E-state index contributed by atoms with van der Waals surface area (Å²) in [5.74, 6) is 1.40. The number of hydrogen-bond acceptors (Lipinski definition) is 3. The second-order valence-corrected chi connectivity index (χ2v) is 7.51. The number of benzene rings is 3. The molecule has 5 rings (SSSR count). The average Bonchev–Trinajstić information content (AvgIpc) is 3.22. The van der Waals surface area contributed by atoms with Gasteiger partial charge in [-0.15, -0.1) is 0 Å². The normalized spacial score (nSPS) is 11.2. The van der Waals surface area contributed by atoms with Crippen LogP contribution in [0.25, 0.3) is 27.7 Å². The maximum atomic E-state index is 5.90. The van der Waals surface area contributed by atoms with Crippen LogP contribution in [0.15, 0.2) is 84.9 Å². The van der Waals surface area contributed by atoms with Gasteiger partial charge in [0.15, 0.2) is 5.75 Å². The zero-order valence-electron chi connectivity index (χ0n) is 17.7. The molecule has 0 unspecified atom stereocenters. The molecule has 2 aromatic heterocycles. The largest absolute Gasteiger partial charge is 0.491 e. The summed E-state index contributed by atoms with van der Waals surface area (Å²) in [5, 5.41) is 2.04. The molecule has 0 bridgehead atoms. The molecular weight excluding hydrogens is 384 g/mol. The predicted molar refractivity (Wildman–Crippen MR) is 125 cm³/mol. The lowest BCUT2D eigenvalue weighted by molar-refractivity contribution is 0.341. The van der Waals surface area contributed by atoms with E-state index in [-0.39, 0.29) is 0 Å². The van der Waals surface area contributed by atoms with E-state index >= 15 is 0 Å². The minimum Gasteiger partial charge on any atom is -0.491 e. The minimum absolute atomic E-state index is 0.675. The summed E-state index contributed by atoms with van der Waals surface area (Å²) in [6.45, 7) is 0. The highest BCUT2D eigenvalue weighted by atomic mass is 16.5. The van der Waals surface area contributed by atoms with Gasteiger partial charge in [0.2, 0.25) is 5.88 Å². The van der Waals surface area contributed by atoms with E-state index in [0.717, 1.165) is 52.0 Å². The molecule has 0 spiro atoms. The van der Waals surface area contributed by atoms with Gasteiger partial charge in [-0.05, 0) is 18.4 Å². The fraction of sp³-hybridized carbons (Fsp3) is 0.148. The summed E-state index contributed by atoms with van der Waals surface area (Å²) >= 11 is 0. The zero-order chi connectivity index (χ0) is 21.2. The SMILES string of the molecule is COc1c(OC)n2c(CCc3ccccc3)c(-c3ccccc3)nc2c2ccccc12. The van der Waals surface area contributed by atoms with Crippen molar-refractivity contribution in [2.24, 2.45) is 0 Å². The van der Waals surface area contributed by atoms with Crippen LogP contribution in [0, 0.1) is 0 Å². The van der Waals surface area contributed by atoms with Crippen molar-refractivity contribution in [3.8, 4) is 22.9 Å². The first-order chi connectivity index (χ1) is 15.3. The molecule has 5 aromatic rings. The molecule has 0 atom stereocenters. The van der Waals surface area contributed by atoms with Crippen molar-refractivity contribution in [2.75, 3.05) is 14.2 Å². The molecular formula is C27H24N2O2. The molecule has 4 nitrogen and oxygen atoms in total. The Morgan fingerprint density at radius 2 is 1.35 bits per heavy atom. The van der Waals surface area contributed by atoms with E-state index in [1.54, 1.807) is 14.2 Å². The highest BCUT2D eigenvalue weighted by Crippen LogP contribution is 2.41. The first-order valence-corrected chi connectivity index (χ1v) is 10.4. The molecule has 0 fully saturated rings. The van der Waals surface area contributed by atoms with Crippen molar-refractivity contribution in [1.29, 1.82) is 0 Å². The molecule has 0 aliphatic carbocycles. The van der Waals surface area contributed by atoms with Gasteiger partial charge >= 0.3 is 0 Å².